The van der Waals surface area contributed by atoms with Gasteiger partial charge in [0.1, 0.15) is 11.2 Å². The molecular weight excluding hydrogens is 346 g/mol. The SMILES string of the molecule is COCC1(C(=O)O)CCCN(C(=O)CCCCCc2ccc(OC)cc2)C1. The standard InChI is InChI=1S/C21H31NO5/c1-26-16-21(20(24)25)13-6-14-22(15-21)19(23)8-5-3-4-7-17-9-11-18(27-2)12-10-17/h9-12H,3-8,13-16H2,1-2H3,(H,24,25). The van der Waals surface area contributed by atoms with E-state index in [0.29, 0.717) is 25.8 Å². The number of carbonyl (C=O) groups is 2. The van der Waals surface area contributed by atoms with Crippen LogP contribution in [-0.4, -0.2) is 55.8 Å². The van der Waals surface area contributed by atoms with Crippen molar-refractivity contribution in [2.24, 2.45) is 5.41 Å². The summed E-state index contributed by atoms with van der Waals surface area (Å²) in [6, 6.07) is 8.06. The summed E-state index contributed by atoms with van der Waals surface area (Å²) in [7, 11) is 3.17. The number of carbonyl (C=O) groups excluding carboxylic acids is 1. The molecule has 1 atom stereocenters. The lowest BCUT2D eigenvalue weighted by Gasteiger charge is -2.39. The van der Waals surface area contributed by atoms with E-state index in [1.165, 1.54) is 12.7 Å². The monoisotopic (exact) mass is 377 g/mol. The van der Waals surface area contributed by atoms with Gasteiger partial charge < -0.3 is 19.5 Å². The molecule has 1 aliphatic heterocycles. The lowest BCUT2D eigenvalue weighted by atomic mass is 9.80. The first kappa shape index (κ1) is 21.2. The number of methoxy groups -OCH3 is 2. The van der Waals surface area contributed by atoms with Crippen molar-refractivity contribution in [3.63, 3.8) is 0 Å². The van der Waals surface area contributed by atoms with Crippen LogP contribution in [0.3, 0.4) is 0 Å². The maximum Gasteiger partial charge on any atom is 0.313 e. The van der Waals surface area contributed by atoms with Crippen LogP contribution in [0.1, 0.15) is 44.1 Å². The van der Waals surface area contributed by atoms with Gasteiger partial charge in [-0.1, -0.05) is 18.6 Å². The number of ether oxygens (including phenoxy) is 2. The Hall–Kier alpha value is -2.08. The van der Waals surface area contributed by atoms with Crippen molar-refractivity contribution in [3.8, 4) is 5.75 Å². The van der Waals surface area contributed by atoms with Gasteiger partial charge in [-0.3, -0.25) is 9.59 Å². The maximum absolute atomic E-state index is 12.5. The second kappa shape index (κ2) is 10.3. The smallest absolute Gasteiger partial charge is 0.313 e. The summed E-state index contributed by atoms with van der Waals surface area (Å²) in [4.78, 5) is 25.9. The van der Waals surface area contributed by atoms with Crippen LogP contribution in [0, 0.1) is 5.41 Å². The number of piperidine rings is 1. The average Bonchev–Trinajstić information content (AvgIpc) is 2.68. The van der Waals surface area contributed by atoms with E-state index < -0.39 is 11.4 Å². The number of hydrogen-bond donors (Lipinski definition) is 1. The van der Waals surface area contributed by atoms with Gasteiger partial charge >= 0.3 is 5.97 Å². The van der Waals surface area contributed by atoms with Crippen molar-refractivity contribution in [1.29, 1.82) is 0 Å². The van der Waals surface area contributed by atoms with Crippen LogP contribution in [0.4, 0.5) is 0 Å². The third-order valence-corrected chi connectivity index (χ3v) is 5.32. The summed E-state index contributed by atoms with van der Waals surface area (Å²) in [5.41, 5.74) is 0.306. The van der Waals surface area contributed by atoms with Crippen LogP contribution < -0.4 is 4.74 Å². The number of unbranched alkanes of at least 4 members (excludes halogenated alkanes) is 2. The van der Waals surface area contributed by atoms with Gasteiger partial charge in [0.2, 0.25) is 5.91 Å². The van der Waals surface area contributed by atoms with Crippen molar-refractivity contribution in [1.82, 2.24) is 4.90 Å². The zero-order valence-corrected chi connectivity index (χ0v) is 16.4. The van der Waals surface area contributed by atoms with E-state index in [-0.39, 0.29) is 19.1 Å². The summed E-state index contributed by atoms with van der Waals surface area (Å²) < 4.78 is 10.3. The molecule has 6 heteroatoms. The number of aliphatic carboxylic acids is 1. The molecule has 1 heterocycles. The number of carboxylic acid groups (broad SMARTS) is 1. The quantitative estimate of drug-likeness (QED) is 0.634. The fourth-order valence-electron chi connectivity index (χ4n) is 3.71. The number of likely N-dealkylation sites (tertiary alicyclic amines) is 1. The van der Waals surface area contributed by atoms with Crippen LogP contribution in [0.15, 0.2) is 24.3 Å². The molecule has 150 valence electrons. The van der Waals surface area contributed by atoms with E-state index in [1.807, 2.05) is 12.1 Å². The predicted molar refractivity (Wildman–Crippen MR) is 103 cm³/mol. The molecule has 0 radical (unpaired) electrons. The van der Waals surface area contributed by atoms with Gasteiger partial charge in [-0.25, -0.2) is 0 Å². The topological polar surface area (TPSA) is 76.1 Å². The molecule has 0 aliphatic carbocycles. The highest BCUT2D eigenvalue weighted by Gasteiger charge is 2.43. The summed E-state index contributed by atoms with van der Waals surface area (Å²) >= 11 is 0. The Morgan fingerprint density at radius 2 is 1.89 bits per heavy atom. The third-order valence-electron chi connectivity index (χ3n) is 5.32. The molecule has 1 aromatic rings. The van der Waals surface area contributed by atoms with Crippen molar-refractivity contribution >= 4 is 11.9 Å². The largest absolute Gasteiger partial charge is 0.497 e. The number of carboxylic acids is 1. The first-order valence-electron chi connectivity index (χ1n) is 9.64. The molecule has 0 bridgehead atoms. The van der Waals surface area contributed by atoms with Gasteiger partial charge in [-0.15, -0.1) is 0 Å². The van der Waals surface area contributed by atoms with Gasteiger partial charge in [0.05, 0.1) is 13.7 Å². The second-order valence-corrected chi connectivity index (χ2v) is 7.35. The summed E-state index contributed by atoms with van der Waals surface area (Å²) in [6.07, 6.45) is 5.57. The van der Waals surface area contributed by atoms with Crippen LogP contribution >= 0.6 is 0 Å². The Balaban J connectivity index is 1.72. The van der Waals surface area contributed by atoms with E-state index in [4.69, 9.17) is 9.47 Å². The van der Waals surface area contributed by atoms with Gasteiger partial charge in [0.15, 0.2) is 0 Å². The minimum absolute atomic E-state index is 0.0564. The minimum atomic E-state index is -0.961. The highest BCUT2D eigenvalue weighted by atomic mass is 16.5. The summed E-state index contributed by atoms with van der Waals surface area (Å²) in [5, 5.41) is 9.58. The molecule has 1 fully saturated rings. The van der Waals surface area contributed by atoms with Crippen LogP contribution in [0.2, 0.25) is 0 Å². The van der Waals surface area contributed by atoms with Crippen molar-refractivity contribution in [3.05, 3.63) is 29.8 Å². The highest BCUT2D eigenvalue weighted by molar-refractivity contribution is 5.79. The third kappa shape index (κ3) is 5.96. The maximum atomic E-state index is 12.5. The average molecular weight is 377 g/mol. The molecule has 1 amide bonds. The van der Waals surface area contributed by atoms with E-state index in [9.17, 15) is 14.7 Å². The first-order valence-corrected chi connectivity index (χ1v) is 9.64. The Morgan fingerprint density at radius 1 is 1.15 bits per heavy atom. The van der Waals surface area contributed by atoms with Gasteiger partial charge in [0, 0.05) is 26.6 Å². The molecule has 0 saturated carbocycles. The molecule has 1 aliphatic rings. The molecule has 2 rings (SSSR count). The molecule has 0 spiro atoms. The number of amides is 1. The van der Waals surface area contributed by atoms with Gasteiger partial charge in [-0.05, 0) is 49.8 Å². The lowest BCUT2D eigenvalue weighted by molar-refractivity contribution is -0.159. The fraction of sp³-hybridized carbons (Fsp3) is 0.619. The Kier molecular flexibility index (Phi) is 8.10. The molecule has 0 aromatic heterocycles. The lowest BCUT2D eigenvalue weighted by Crippen LogP contribution is -2.52. The molecule has 1 unspecified atom stereocenters. The number of aryl methyl sites for hydroxylation is 1. The Morgan fingerprint density at radius 3 is 2.52 bits per heavy atom. The van der Waals surface area contributed by atoms with Crippen LogP contribution in [0.5, 0.6) is 5.75 Å². The molecule has 1 saturated heterocycles. The molecular formula is C21H31NO5. The van der Waals surface area contributed by atoms with E-state index in [0.717, 1.165) is 31.4 Å². The minimum Gasteiger partial charge on any atom is -0.497 e. The van der Waals surface area contributed by atoms with E-state index in [2.05, 4.69) is 12.1 Å². The summed E-state index contributed by atoms with van der Waals surface area (Å²) in [5.74, 6) is 0.0407. The van der Waals surface area contributed by atoms with Crippen molar-refractivity contribution < 1.29 is 24.2 Å². The zero-order chi connectivity index (χ0) is 19.7. The Bertz CT molecular complexity index is 612. The molecule has 1 aromatic carbocycles. The van der Waals surface area contributed by atoms with Gasteiger partial charge in [-0.2, -0.15) is 0 Å². The summed E-state index contributed by atoms with van der Waals surface area (Å²) in [6.45, 7) is 1.04. The number of benzene rings is 1. The second-order valence-electron chi connectivity index (χ2n) is 7.35. The van der Waals surface area contributed by atoms with Gasteiger partial charge in [0.25, 0.3) is 0 Å². The number of hydrogen-bond acceptors (Lipinski definition) is 4. The molecule has 27 heavy (non-hydrogen) atoms. The Labute approximate surface area is 161 Å². The predicted octanol–water partition coefficient (Wildman–Crippen LogP) is 3.14. The van der Waals surface area contributed by atoms with Crippen molar-refractivity contribution in [2.45, 2.75) is 44.9 Å². The number of rotatable bonds is 10. The normalized spacial score (nSPS) is 19.7. The first-order chi connectivity index (χ1) is 13.0. The molecule has 6 nitrogen and oxygen atoms in total. The highest BCUT2D eigenvalue weighted by Crippen LogP contribution is 2.31. The zero-order valence-electron chi connectivity index (χ0n) is 16.4. The van der Waals surface area contributed by atoms with E-state index in [1.54, 1.807) is 12.0 Å². The molecule has 1 N–H and O–H groups in total. The fourth-order valence-corrected chi connectivity index (χ4v) is 3.71. The van der Waals surface area contributed by atoms with E-state index >= 15 is 0 Å². The van der Waals surface area contributed by atoms with Crippen LogP contribution in [-0.2, 0) is 20.7 Å². The number of nitrogens with zero attached hydrogens (tertiary/aromatic N) is 1. The van der Waals surface area contributed by atoms with Crippen molar-refractivity contribution in [2.75, 3.05) is 33.9 Å². The van der Waals surface area contributed by atoms with Crippen LogP contribution in [0.25, 0.3) is 0 Å².